The number of pyridine rings is 1. The summed E-state index contributed by atoms with van der Waals surface area (Å²) in [5.41, 5.74) is 1.70. The molecule has 0 spiro atoms. The second kappa shape index (κ2) is 5.09. The van der Waals surface area contributed by atoms with Crippen molar-refractivity contribution in [1.82, 2.24) is 9.97 Å². The zero-order valence-electron chi connectivity index (χ0n) is 10.8. The van der Waals surface area contributed by atoms with E-state index in [1.807, 2.05) is 25.2 Å². The van der Waals surface area contributed by atoms with E-state index in [0.29, 0.717) is 18.7 Å². The fourth-order valence-corrected chi connectivity index (χ4v) is 3.30. The van der Waals surface area contributed by atoms with Crippen LogP contribution in [0.5, 0.6) is 0 Å². The van der Waals surface area contributed by atoms with Gasteiger partial charge in [-0.2, -0.15) is 0 Å². The van der Waals surface area contributed by atoms with Crippen LogP contribution >= 0.6 is 11.3 Å². The molecule has 0 saturated carbocycles. The van der Waals surface area contributed by atoms with Gasteiger partial charge < -0.3 is 4.90 Å². The molecule has 0 fully saturated rings. The SMILES string of the molecule is CN(Cc1ccccn1)c1nc2c(s1)CCCC2=O. The molecule has 0 aliphatic heterocycles. The highest BCUT2D eigenvalue weighted by molar-refractivity contribution is 7.15. The predicted molar refractivity (Wildman–Crippen MR) is 75.7 cm³/mol. The van der Waals surface area contributed by atoms with Gasteiger partial charge in [0.15, 0.2) is 10.9 Å². The van der Waals surface area contributed by atoms with E-state index in [4.69, 9.17) is 0 Å². The molecule has 5 heteroatoms. The highest BCUT2D eigenvalue weighted by atomic mass is 32.1. The number of aryl methyl sites for hydroxylation is 1. The summed E-state index contributed by atoms with van der Waals surface area (Å²) < 4.78 is 0. The number of thiazole rings is 1. The number of hydrogen-bond acceptors (Lipinski definition) is 5. The van der Waals surface area contributed by atoms with Gasteiger partial charge in [0, 0.05) is 24.5 Å². The van der Waals surface area contributed by atoms with Crippen molar-refractivity contribution in [3.63, 3.8) is 0 Å². The Morgan fingerprint density at radius 1 is 1.37 bits per heavy atom. The summed E-state index contributed by atoms with van der Waals surface area (Å²) in [5, 5.41) is 0.908. The maximum absolute atomic E-state index is 11.8. The summed E-state index contributed by atoms with van der Waals surface area (Å²) in [5.74, 6) is 0.190. The largest absolute Gasteiger partial charge is 0.345 e. The van der Waals surface area contributed by atoms with Crippen molar-refractivity contribution in [2.24, 2.45) is 0 Å². The molecular weight excluding hydrogens is 258 g/mol. The number of Topliss-reactive ketones (excluding diaryl/α,β-unsaturated/α-hetero) is 1. The standard InChI is InChI=1S/C14H15N3OS/c1-17(9-10-5-2-3-8-15-10)14-16-13-11(18)6-4-7-12(13)19-14/h2-3,5,8H,4,6-7,9H2,1H3. The molecule has 2 heterocycles. The van der Waals surface area contributed by atoms with E-state index >= 15 is 0 Å². The minimum absolute atomic E-state index is 0.190. The lowest BCUT2D eigenvalue weighted by Crippen LogP contribution is -2.17. The molecule has 2 aromatic heterocycles. The van der Waals surface area contributed by atoms with Gasteiger partial charge in [0.1, 0.15) is 5.69 Å². The van der Waals surface area contributed by atoms with Crippen LogP contribution in [-0.2, 0) is 13.0 Å². The van der Waals surface area contributed by atoms with Crippen molar-refractivity contribution in [3.05, 3.63) is 40.7 Å². The summed E-state index contributed by atoms with van der Waals surface area (Å²) in [7, 11) is 1.99. The lowest BCUT2D eigenvalue weighted by Gasteiger charge is -2.14. The van der Waals surface area contributed by atoms with Gasteiger partial charge in [0.05, 0.1) is 12.2 Å². The third-order valence-electron chi connectivity index (χ3n) is 3.21. The van der Waals surface area contributed by atoms with Gasteiger partial charge in [0.25, 0.3) is 0 Å². The van der Waals surface area contributed by atoms with Crippen molar-refractivity contribution >= 4 is 22.3 Å². The molecule has 0 atom stereocenters. The molecule has 2 aromatic rings. The van der Waals surface area contributed by atoms with E-state index in [0.717, 1.165) is 28.5 Å². The predicted octanol–water partition coefficient (Wildman–Crippen LogP) is 2.69. The molecule has 1 aliphatic rings. The molecule has 0 amide bonds. The smallest absolute Gasteiger partial charge is 0.186 e. The average Bonchev–Trinajstić information content (AvgIpc) is 2.85. The fraction of sp³-hybridized carbons (Fsp3) is 0.357. The summed E-state index contributed by atoms with van der Waals surface area (Å²) in [6.07, 6.45) is 4.37. The molecule has 4 nitrogen and oxygen atoms in total. The van der Waals surface area contributed by atoms with Crippen LogP contribution in [0.15, 0.2) is 24.4 Å². The summed E-state index contributed by atoms with van der Waals surface area (Å²) >= 11 is 1.63. The first kappa shape index (κ1) is 12.3. The van der Waals surface area contributed by atoms with Crippen molar-refractivity contribution in [2.75, 3.05) is 11.9 Å². The first-order chi connectivity index (χ1) is 9.24. The maximum Gasteiger partial charge on any atom is 0.186 e. The Labute approximate surface area is 116 Å². The second-order valence-electron chi connectivity index (χ2n) is 4.72. The van der Waals surface area contributed by atoms with Crippen LogP contribution in [0.1, 0.15) is 33.9 Å². The van der Waals surface area contributed by atoms with Gasteiger partial charge >= 0.3 is 0 Å². The highest BCUT2D eigenvalue weighted by Gasteiger charge is 2.23. The molecule has 0 radical (unpaired) electrons. The zero-order chi connectivity index (χ0) is 13.2. The van der Waals surface area contributed by atoms with Crippen LogP contribution < -0.4 is 4.90 Å². The van der Waals surface area contributed by atoms with Crippen LogP contribution in [0.2, 0.25) is 0 Å². The molecule has 19 heavy (non-hydrogen) atoms. The number of nitrogens with zero attached hydrogens (tertiary/aromatic N) is 3. The first-order valence-corrected chi connectivity index (χ1v) is 7.19. The number of ketones is 1. The Hall–Kier alpha value is -1.75. The van der Waals surface area contributed by atoms with E-state index in [2.05, 4.69) is 14.9 Å². The van der Waals surface area contributed by atoms with E-state index in [9.17, 15) is 4.79 Å². The Morgan fingerprint density at radius 3 is 3.00 bits per heavy atom. The van der Waals surface area contributed by atoms with Crippen LogP contribution in [0.4, 0.5) is 5.13 Å². The van der Waals surface area contributed by atoms with Gasteiger partial charge in [-0.1, -0.05) is 6.07 Å². The number of rotatable bonds is 3. The Balaban J connectivity index is 1.81. The second-order valence-corrected chi connectivity index (χ2v) is 5.78. The molecule has 0 N–H and O–H groups in total. The molecular formula is C14H15N3OS. The molecule has 1 aliphatic carbocycles. The van der Waals surface area contributed by atoms with Gasteiger partial charge in [-0.05, 0) is 25.0 Å². The molecule has 3 rings (SSSR count). The minimum atomic E-state index is 0.190. The number of hydrogen-bond donors (Lipinski definition) is 0. The van der Waals surface area contributed by atoms with Gasteiger partial charge in [-0.3, -0.25) is 9.78 Å². The molecule has 98 valence electrons. The fourth-order valence-electron chi connectivity index (χ4n) is 2.22. The lowest BCUT2D eigenvalue weighted by atomic mass is 10.0. The minimum Gasteiger partial charge on any atom is -0.345 e. The van der Waals surface area contributed by atoms with E-state index < -0.39 is 0 Å². The van der Waals surface area contributed by atoms with Gasteiger partial charge in [-0.15, -0.1) is 11.3 Å². The number of anilines is 1. The van der Waals surface area contributed by atoms with Gasteiger partial charge in [0.2, 0.25) is 0 Å². The molecule has 0 bridgehead atoms. The van der Waals surface area contributed by atoms with Crippen molar-refractivity contribution < 1.29 is 4.79 Å². The number of carbonyl (C=O) groups excluding carboxylic acids is 1. The summed E-state index contributed by atoms with van der Waals surface area (Å²) in [4.78, 5) is 23.8. The first-order valence-electron chi connectivity index (χ1n) is 6.38. The monoisotopic (exact) mass is 273 g/mol. The highest BCUT2D eigenvalue weighted by Crippen LogP contribution is 2.31. The van der Waals surface area contributed by atoms with E-state index in [-0.39, 0.29) is 5.78 Å². The van der Waals surface area contributed by atoms with Crippen LogP contribution in [0.25, 0.3) is 0 Å². The van der Waals surface area contributed by atoms with Crippen molar-refractivity contribution in [3.8, 4) is 0 Å². The summed E-state index contributed by atoms with van der Waals surface area (Å²) in [6, 6.07) is 5.88. The topological polar surface area (TPSA) is 46.1 Å². The molecule has 0 unspecified atom stereocenters. The molecule has 0 aromatic carbocycles. The zero-order valence-corrected chi connectivity index (χ0v) is 11.6. The van der Waals surface area contributed by atoms with E-state index in [1.54, 1.807) is 17.5 Å². The average molecular weight is 273 g/mol. The van der Waals surface area contributed by atoms with Crippen LogP contribution in [0, 0.1) is 0 Å². The lowest BCUT2D eigenvalue weighted by molar-refractivity contribution is 0.0968. The third kappa shape index (κ3) is 2.51. The van der Waals surface area contributed by atoms with E-state index in [1.165, 1.54) is 0 Å². The Bertz CT molecular complexity index is 594. The van der Waals surface area contributed by atoms with Crippen LogP contribution in [-0.4, -0.2) is 22.8 Å². The number of aromatic nitrogens is 2. The Morgan fingerprint density at radius 2 is 2.26 bits per heavy atom. The quantitative estimate of drug-likeness (QED) is 0.862. The normalized spacial score (nSPS) is 14.3. The molecule has 0 saturated heterocycles. The third-order valence-corrected chi connectivity index (χ3v) is 4.44. The van der Waals surface area contributed by atoms with Crippen molar-refractivity contribution in [1.29, 1.82) is 0 Å². The number of carbonyl (C=O) groups is 1. The summed E-state index contributed by atoms with van der Waals surface area (Å²) in [6.45, 7) is 0.710. The Kier molecular flexibility index (Phi) is 3.29. The van der Waals surface area contributed by atoms with Gasteiger partial charge in [-0.25, -0.2) is 4.98 Å². The van der Waals surface area contributed by atoms with Crippen molar-refractivity contribution in [2.45, 2.75) is 25.8 Å². The number of fused-ring (bicyclic) bond motifs is 1. The van der Waals surface area contributed by atoms with Crippen LogP contribution in [0.3, 0.4) is 0 Å². The maximum atomic E-state index is 11.8.